The minimum absolute atomic E-state index is 0.0503. The Morgan fingerprint density at radius 1 is 0.722 bits per heavy atom. The van der Waals surface area contributed by atoms with E-state index in [0.717, 1.165) is 13.0 Å². The van der Waals surface area contributed by atoms with Crippen molar-refractivity contribution >= 4 is 0 Å². The highest BCUT2D eigenvalue weighted by molar-refractivity contribution is 4.69. The van der Waals surface area contributed by atoms with Crippen LogP contribution in [0.4, 0.5) is 0 Å². The van der Waals surface area contributed by atoms with Crippen LogP contribution in [0.15, 0.2) is 0 Å². The Morgan fingerprint density at radius 2 is 1.17 bits per heavy atom. The molecule has 0 spiro atoms. The highest BCUT2D eigenvalue weighted by atomic mass is 14.7. The van der Waals surface area contributed by atoms with E-state index in [1.165, 1.54) is 57.8 Å². The Bertz CT molecular complexity index is 131. The summed E-state index contributed by atoms with van der Waals surface area (Å²) in [7, 11) is 0. The molecule has 2 heteroatoms. The summed E-state index contributed by atoms with van der Waals surface area (Å²) >= 11 is 0. The van der Waals surface area contributed by atoms with Crippen LogP contribution in [0.5, 0.6) is 0 Å². The van der Waals surface area contributed by atoms with Crippen molar-refractivity contribution in [3.8, 4) is 0 Å². The third kappa shape index (κ3) is 24.9. The second-order valence-electron chi connectivity index (χ2n) is 6.00. The first-order valence-electron chi connectivity index (χ1n) is 7.96. The van der Waals surface area contributed by atoms with Crippen LogP contribution in [0.3, 0.4) is 0 Å². The van der Waals surface area contributed by atoms with Gasteiger partial charge in [0.05, 0.1) is 0 Å². The van der Waals surface area contributed by atoms with E-state index >= 15 is 0 Å². The standard InChI is InChI=1S/C10H23N.C6H15N/c1-2-3-4-5-6-7-8-9-10-11;1-4-5-6(2,3)7/h2-11H2,1H3;4-5,7H2,1-3H3. The second-order valence-corrected chi connectivity index (χ2v) is 6.00. The Hall–Kier alpha value is -0.0800. The zero-order valence-electron chi connectivity index (χ0n) is 13.4. The van der Waals surface area contributed by atoms with Crippen LogP contribution >= 0.6 is 0 Å². The van der Waals surface area contributed by atoms with Gasteiger partial charge in [-0.1, -0.05) is 65.2 Å². The van der Waals surface area contributed by atoms with Crippen molar-refractivity contribution in [2.24, 2.45) is 11.5 Å². The SMILES string of the molecule is CCCC(C)(C)N.CCCCCCCCCCN. The Kier molecular flexibility index (Phi) is 16.8. The summed E-state index contributed by atoms with van der Waals surface area (Å²) in [5.41, 5.74) is 11.1. The number of unbranched alkanes of at least 4 members (excludes halogenated alkanes) is 7. The molecule has 0 radical (unpaired) electrons. The molecule has 112 valence electrons. The smallest absolute Gasteiger partial charge is 0.00969 e. The van der Waals surface area contributed by atoms with Gasteiger partial charge >= 0.3 is 0 Å². The summed E-state index contributed by atoms with van der Waals surface area (Å²) in [5.74, 6) is 0. The highest BCUT2D eigenvalue weighted by Crippen LogP contribution is 2.07. The maximum absolute atomic E-state index is 5.65. The van der Waals surface area contributed by atoms with Gasteiger partial charge in [0.25, 0.3) is 0 Å². The summed E-state index contributed by atoms with van der Waals surface area (Å²) in [6.07, 6.45) is 13.3. The van der Waals surface area contributed by atoms with Gasteiger partial charge in [-0.3, -0.25) is 0 Å². The van der Waals surface area contributed by atoms with E-state index in [1.54, 1.807) is 0 Å². The predicted molar refractivity (Wildman–Crippen MR) is 84.8 cm³/mol. The fourth-order valence-electron chi connectivity index (χ4n) is 1.92. The molecular formula is C16H38N2. The summed E-state index contributed by atoms with van der Waals surface area (Å²) in [6.45, 7) is 9.38. The fourth-order valence-corrected chi connectivity index (χ4v) is 1.92. The zero-order chi connectivity index (χ0) is 14.3. The van der Waals surface area contributed by atoms with Gasteiger partial charge in [-0.25, -0.2) is 0 Å². The molecule has 0 aliphatic carbocycles. The molecule has 0 bridgehead atoms. The van der Waals surface area contributed by atoms with E-state index in [1.807, 2.05) is 0 Å². The topological polar surface area (TPSA) is 52.0 Å². The highest BCUT2D eigenvalue weighted by Gasteiger charge is 2.06. The largest absolute Gasteiger partial charge is 0.330 e. The average molecular weight is 258 g/mol. The molecule has 4 N–H and O–H groups in total. The van der Waals surface area contributed by atoms with Gasteiger partial charge in [0.15, 0.2) is 0 Å². The van der Waals surface area contributed by atoms with Crippen molar-refractivity contribution in [2.45, 2.75) is 97.4 Å². The maximum atomic E-state index is 5.65. The molecule has 18 heavy (non-hydrogen) atoms. The van der Waals surface area contributed by atoms with Gasteiger partial charge in [-0.15, -0.1) is 0 Å². The first-order chi connectivity index (χ1) is 8.47. The summed E-state index contributed by atoms with van der Waals surface area (Å²) < 4.78 is 0. The Labute approximate surface area is 116 Å². The normalized spacial score (nSPS) is 11.0. The molecule has 0 aromatic carbocycles. The predicted octanol–water partition coefficient (Wildman–Crippen LogP) is 4.61. The van der Waals surface area contributed by atoms with Crippen molar-refractivity contribution < 1.29 is 0 Å². The van der Waals surface area contributed by atoms with E-state index in [4.69, 9.17) is 11.5 Å². The van der Waals surface area contributed by atoms with E-state index < -0.39 is 0 Å². The molecular weight excluding hydrogens is 220 g/mol. The molecule has 0 aromatic rings. The lowest BCUT2D eigenvalue weighted by Gasteiger charge is -2.15. The van der Waals surface area contributed by atoms with Gasteiger partial charge in [0.1, 0.15) is 0 Å². The maximum Gasteiger partial charge on any atom is 0.00969 e. The van der Waals surface area contributed by atoms with Crippen molar-refractivity contribution in [3.05, 3.63) is 0 Å². The van der Waals surface area contributed by atoms with Crippen LogP contribution in [0.25, 0.3) is 0 Å². The molecule has 0 rings (SSSR count). The van der Waals surface area contributed by atoms with Crippen LogP contribution in [0.1, 0.15) is 91.9 Å². The van der Waals surface area contributed by atoms with Crippen LogP contribution < -0.4 is 11.5 Å². The summed E-state index contributed by atoms with van der Waals surface area (Å²) in [5, 5.41) is 0. The van der Waals surface area contributed by atoms with E-state index in [2.05, 4.69) is 27.7 Å². The summed E-state index contributed by atoms with van der Waals surface area (Å²) in [4.78, 5) is 0. The Morgan fingerprint density at radius 3 is 1.44 bits per heavy atom. The molecule has 0 atom stereocenters. The molecule has 0 amide bonds. The quantitative estimate of drug-likeness (QED) is 0.562. The number of nitrogens with two attached hydrogens (primary N) is 2. The fraction of sp³-hybridized carbons (Fsp3) is 1.00. The van der Waals surface area contributed by atoms with Crippen LogP contribution in [-0.2, 0) is 0 Å². The molecule has 0 aliphatic heterocycles. The molecule has 0 unspecified atom stereocenters. The zero-order valence-corrected chi connectivity index (χ0v) is 13.4. The van der Waals surface area contributed by atoms with Gasteiger partial charge in [-0.05, 0) is 33.2 Å². The minimum Gasteiger partial charge on any atom is -0.330 e. The molecule has 0 fully saturated rings. The first-order valence-corrected chi connectivity index (χ1v) is 7.96. The third-order valence-electron chi connectivity index (χ3n) is 2.95. The van der Waals surface area contributed by atoms with Crippen molar-refractivity contribution in [3.63, 3.8) is 0 Å². The van der Waals surface area contributed by atoms with E-state index in [-0.39, 0.29) is 5.54 Å². The molecule has 0 saturated carbocycles. The van der Waals surface area contributed by atoms with Crippen molar-refractivity contribution in [2.75, 3.05) is 6.54 Å². The van der Waals surface area contributed by atoms with Crippen LogP contribution in [0, 0.1) is 0 Å². The van der Waals surface area contributed by atoms with Gasteiger partial charge in [0, 0.05) is 5.54 Å². The third-order valence-corrected chi connectivity index (χ3v) is 2.95. The second kappa shape index (κ2) is 15.0. The lowest BCUT2D eigenvalue weighted by molar-refractivity contribution is 0.470. The Balaban J connectivity index is 0. The number of rotatable bonds is 10. The minimum atomic E-state index is 0.0503. The first kappa shape index (κ1) is 20.2. The number of hydrogen-bond donors (Lipinski definition) is 2. The van der Waals surface area contributed by atoms with Gasteiger partial charge in [-0.2, -0.15) is 0 Å². The number of hydrogen-bond acceptors (Lipinski definition) is 2. The monoisotopic (exact) mass is 258 g/mol. The van der Waals surface area contributed by atoms with Crippen molar-refractivity contribution in [1.82, 2.24) is 0 Å². The summed E-state index contributed by atoms with van der Waals surface area (Å²) in [6, 6.07) is 0. The van der Waals surface area contributed by atoms with Crippen LogP contribution in [0.2, 0.25) is 0 Å². The molecule has 0 aromatic heterocycles. The average Bonchev–Trinajstić information content (AvgIpc) is 2.27. The van der Waals surface area contributed by atoms with E-state index in [0.29, 0.717) is 0 Å². The molecule has 0 aliphatic rings. The lowest BCUT2D eigenvalue weighted by atomic mass is 10.0. The van der Waals surface area contributed by atoms with Crippen LogP contribution in [-0.4, -0.2) is 12.1 Å². The lowest BCUT2D eigenvalue weighted by Crippen LogP contribution is -2.31. The van der Waals surface area contributed by atoms with Crippen molar-refractivity contribution in [1.29, 1.82) is 0 Å². The van der Waals surface area contributed by atoms with Gasteiger partial charge in [0.2, 0.25) is 0 Å². The molecule has 0 saturated heterocycles. The molecule has 2 nitrogen and oxygen atoms in total. The van der Waals surface area contributed by atoms with Gasteiger partial charge < -0.3 is 11.5 Å². The van der Waals surface area contributed by atoms with E-state index in [9.17, 15) is 0 Å². The molecule has 0 heterocycles.